The minimum Gasteiger partial charge on any atom is -0.233 e. The van der Waals surface area contributed by atoms with E-state index in [0.29, 0.717) is 22.7 Å². The van der Waals surface area contributed by atoms with Gasteiger partial charge in [-0.1, -0.05) is 11.6 Å². The molecule has 2 aromatic carbocycles. The Hall–Kier alpha value is -2.43. The van der Waals surface area contributed by atoms with Crippen LogP contribution in [0.3, 0.4) is 0 Å². The number of benzene rings is 2. The minimum absolute atomic E-state index is 0.200. The van der Waals surface area contributed by atoms with Gasteiger partial charge in [0.1, 0.15) is 22.2 Å². The van der Waals surface area contributed by atoms with Crippen LogP contribution >= 0.6 is 11.6 Å². The van der Waals surface area contributed by atoms with Crippen molar-refractivity contribution in [3.63, 3.8) is 0 Å². The predicted octanol–water partition coefficient (Wildman–Crippen LogP) is 4.36. The molecule has 148 valence electrons. The number of hydrogen-bond acceptors (Lipinski definition) is 3. The summed E-state index contributed by atoms with van der Waals surface area (Å²) >= 11 is 5.96. The van der Waals surface area contributed by atoms with E-state index in [-0.39, 0.29) is 11.4 Å². The SMILES string of the molecule is Cc1cc(-n2nc(C(F)F)cc2-c2cc(F)c(S(N)(=O)=O)cc2F)ccc1Cl. The highest BCUT2D eigenvalue weighted by Gasteiger charge is 2.24. The molecule has 0 amide bonds. The van der Waals surface area contributed by atoms with Gasteiger partial charge in [0.25, 0.3) is 6.43 Å². The third-order valence-electron chi connectivity index (χ3n) is 3.94. The van der Waals surface area contributed by atoms with Gasteiger partial charge in [-0.2, -0.15) is 5.10 Å². The van der Waals surface area contributed by atoms with Gasteiger partial charge in [0.15, 0.2) is 0 Å². The van der Waals surface area contributed by atoms with Crippen LogP contribution in [0.25, 0.3) is 16.9 Å². The van der Waals surface area contributed by atoms with Crippen LogP contribution in [0.15, 0.2) is 41.3 Å². The molecule has 11 heteroatoms. The second kappa shape index (κ2) is 7.19. The Morgan fingerprint density at radius 1 is 1.11 bits per heavy atom. The van der Waals surface area contributed by atoms with Crippen LogP contribution in [0.5, 0.6) is 0 Å². The van der Waals surface area contributed by atoms with Crippen LogP contribution in [-0.2, 0) is 10.0 Å². The quantitative estimate of drug-likeness (QED) is 0.621. The first-order valence-electron chi connectivity index (χ1n) is 7.66. The standard InChI is InChI=1S/C17H12ClF4N3O2S/c1-8-4-9(2-3-11(8)18)25-15(7-14(24-25)17(21)22)10-5-13(20)16(6-12(10)19)28(23,26)27/h2-7,17H,1H3,(H2,23,26,27). The number of rotatable bonds is 4. The van der Waals surface area contributed by atoms with Gasteiger partial charge in [0.2, 0.25) is 10.0 Å². The molecule has 0 spiro atoms. The van der Waals surface area contributed by atoms with Crippen molar-refractivity contribution in [2.24, 2.45) is 5.14 Å². The summed E-state index contributed by atoms with van der Waals surface area (Å²) in [5.74, 6) is -2.49. The number of sulfonamides is 1. The molecule has 0 aliphatic rings. The molecular weight excluding hydrogens is 422 g/mol. The number of nitrogens with zero attached hydrogens (tertiary/aromatic N) is 2. The smallest absolute Gasteiger partial charge is 0.233 e. The molecule has 0 saturated carbocycles. The Morgan fingerprint density at radius 3 is 2.36 bits per heavy atom. The van der Waals surface area contributed by atoms with Crippen molar-refractivity contribution in [1.29, 1.82) is 0 Å². The van der Waals surface area contributed by atoms with E-state index >= 15 is 0 Å². The lowest BCUT2D eigenvalue weighted by Crippen LogP contribution is -2.15. The van der Waals surface area contributed by atoms with Crippen LogP contribution in [0.2, 0.25) is 5.02 Å². The zero-order valence-electron chi connectivity index (χ0n) is 14.1. The van der Waals surface area contributed by atoms with Gasteiger partial charge in [-0.25, -0.2) is 35.8 Å². The lowest BCUT2D eigenvalue weighted by atomic mass is 10.1. The molecule has 0 radical (unpaired) electrons. The highest BCUT2D eigenvalue weighted by Crippen LogP contribution is 2.32. The van der Waals surface area contributed by atoms with E-state index < -0.39 is 44.2 Å². The molecular formula is C17H12ClF4N3O2S. The highest BCUT2D eigenvalue weighted by molar-refractivity contribution is 7.89. The Kier molecular flexibility index (Phi) is 5.22. The Morgan fingerprint density at radius 2 is 1.79 bits per heavy atom. The van der Waals surface area contributed by atoms with E-state index in [1.165, 1.54) is 18.2 Å². The summed E-state index contributed by atoms with van der Waals surface area (Å²) in [6.07, 6.45) is -2.97. The van der Waals surface area contributed by atoms with Gasteiger partial charge < -0.3 is 0 Å². The second-order valence-corrected chi connectivity index (χ2v) is 7.84. The molecule has 0 fully saturated rings. The first-order valence-corrected chi connectivity index (χ1v) is 9.58. The molecule has 0 aliphatic carbocycles. The van der Waals surface area contributed by atoms with Crippen molar-refractivity contribution in [3.05, 3.63) is 64.3 Å². The summed E-state index contributed by atoms with van der Waals surface area (Å²) in [5.41, 5.74) is -0.446. The topological polar surface area (TPSA) is 78.0 Å². The van der Waals surface area contributed by atoms with Crippen LogP contribution in [-0.4, -0.2) is 18.2 Å². The zero-order chi connectivity index (χ0) is 20.8. The zero-order valence-corrected chi connectivity index (χ0v) is 15.7. The maximum Gasteiger partial charge on any atom is 0.282 e. The average molecular weight is 434 g/mol. The monoisotopic (exact) mass is 433 g/mol. The third-order valence-corrected chi connectivity index (χ3v) is 5.29. The number of nitrogens with two attached hydrogens (primary N) is 1. The van der Waals surface area contributed by atoms with Crippen molar-refractivity contribution >= 4 is 21.6 Å². The van der Waals surface area contributed by atoms with Crippen molar-refractivity contribution in [2.45, 2.75) is 18.2 Å². The number of hydrogen-bond donors (Lipinski definition) is 1. The molecule has 1 heterocycles. The summed E-state index contributed by atoms with van der Waals surface area (Å²) in [4.78, 5) is -1.05. The second-order valence-electron chi connectivity index (χ2n) is 5.91. The summed E-state index contributed by atoms with van der Waals surface area (Å²) in [7, 11) is -4.51. The molecule has 2 N–H and O–H groups in total. The van der Waals surface area contributed by atoms with Crippen LogP contribution in [0.1, 0.15) is 17.7 Å². The fraction of sp³-hybridized carbons (Fsp3) is 0.118. The average Bonchev–Trinajstić information content (AvgIpc) is 3.03. The molecule has 0 unspecified atom stereocenters. The molecule has 28 heavy (non-hydrogen) atoms. The normalized spacial score (nSPS) is 12.0. The predicted molar refractivity (Wildman–Crippen MR) is 95.0 cm³/mol. The lowest BCUT2D eigenvalue weighted by Gasteiger charge is -2.11. The Bertz CT molecular complexity index is 1180. The van der Waals surface area contributed by atoms with Crippen molar-refractivity contribution in [1.82, 2.24) is 9.78 Å². The third kappa shape index (κ3) is 3.75. The molecule has 3 aromatic rings. The van der Waals surface area contributed by atoms with Crippen LogP contribution < -0.4 is 5.14 Å². The summed E-state index contributed by atoms with van der Waals surface area (Å²) < 4.78 is 78.8. The minimum atomic E-state index is -4.51. The van der Waals surface area contributed by atoms with Crippen molar-refractivity contribution in [2.75, 3.05) is 0 Å². The molecule has 5 nitrogen and oxygen atoms in total. The number of halogens is 5. The molecule has 0 bridgehead atoms. The number of aryl methyl sites for hydroxylation is 1. The van der Waals surface area contributed by atoms with Crippen LogP contribution in [0.4, 0.5) is 17.6 Å². The van der Waals surface area contributed by atoms with Crippen molar-refractivity contribution < 1.29 is 26.0 Å². The molecule has 0 atom stereocenters. The molecule has 0 saturated heterocycles. The van der Waals surface area contributed by atoms with E-state index in [2.05, 4.69) is 5.10 Å². The van der Waals surface area contributed by atoms with E-state index in [1.807, 2.05) is 0 Å². The van der Waals surface area contributed by atoms with Crippen LogP contribution in [0, 0.1) is 18.6 Å². The van der Waals surface area contributed by atoms with E-state index in [9.17, 15) is 26.0 Å². The summed E-state index contributed by atoms with van der Waals surface area (Å²) in [5, 5.41) is 9.03. The van der Waals surface area contributed by atoms with Gasteiger partial charge >= 0.3 is 0 Å². The number of alkyl halides is 2. The van der Waals surface area contributed by atoms with Gasteiger partial charge in [-0.3, -0.25) is 0 Å². The van der Waals surface area contributed by atoms with Gasteiger partial charge in [-0.15, -0.1) is 0 Å². The van der Waals surface area contributed by atoms with Gasteiger partial charge in [-0.05, 0) is 48.9 Å². The highest BCUT2D eigenvalue weighted by atomic mass is 35.5. The van der Waals surface area contributed by atoms with E-state index in [4.69, 9.17) is 16.7 Å². The maximum atomic E-state index is 14.6. The fourth-order valence-electron chi connectivity index (χ4n) is 2.60. The Balaban J connectivity index is 2.27. The van der Waals surface area contributed by atoms with Gasteiger partial charge in [0.05, 0.1) is 11.4 Å². The van der Waals surface area contributed by atoms with E-state index in [0.717, 1.165) is 10.7 Å². The fourth-order valence-corrected chi connectivity index (χ4v) is 3.31. The summed E-state index contributed by atoms with van der Waals surface area (Å²) in [6, 6.07) is 6.35. The number of primary sulfonamides is 1. The molecule has 1 aromatic heterocycles. The largest absolute Gasteiger partial charge is 0.282 e. The first-order chi connectivity index (χ1) is 13.0. The lowest BCUT2D eigenvalue weighted by molar-refractivity contribution is 0.145. The maximum absolute atomic E-state index is 14.6. The molecule has 3 rings (SSSR count). The first kappa shape index (κ1) is 20.3. The molecule has 0 aliphatic heterocycles. The number of aromatic nitrogens is 2. The Labute approximate surface area is 162 Å². The van der Waals surface area contributed by atoms with Crippen molar-refractivity contribution in [3.8, 4) is 16.9 Å². The van der Waals surface area contributed by atoms with E-state index in [1.54, 1.807) is 6.92 Å². The van der Waals surface area contributed by atoms with Gasteiger partial charge in [0, 0.05) is 10.6 Å². The summed E-state index contributed by atoms with van der Waals surface area (Å²) in [6.45, 7) is 1.67.